The van der Waals surface area contributed by atoms with Gasteiger partial charge in [0.05, 0.1) is 5.56 Å². The van der Waals surface area contributed by atoms with E-state index in [9.17, 15) is 13.2 Å². The van der Waals surface area contributed by atoms with E-state index in [0.29, 0.717) is 5.95 Å². The molecule has 1 aromatic heterocycles. The molecule has 0 radical (unpaired) electrons. The number of aromatic nitrogens is 2. The van der Waals surface area contributed by atoms with Crippen LogP contribution in [0.3, 0.4) is 0 Å². The monoisotopic (exact) mass is 281 g/mol. The first-order valence-corrected chi connectivity index (χ1v) is 6.07. The lowest BCUT2D eigenvalue weighted by atomic mass is 10.1. The molecule has 0 saturated heterocycles. The number of rotatable bonds is 3. The summed E-state index contributed by atoms with van der Waals surface area (Å²) in [6.45, 7) is 3.64. The number of aryl methyl sites for hydroxylation is 2. The normalized spacial score (nSPS) is 11.4. The topological polar surface area (TPSA) is 37.8 Å². The van der Waals surface area contributed by atoms with E-state index in [4.69, 9.17) is 0 Å². The summed E-state index contributed by atoms with van der Waals surface area (Å²) in [5.74, 6) is 0.333. The van der Waals surface area contributed by atoms with Crippen molar-refractivity contribution < 1.29 is 13.2 Å². The Hall–Kier alpha value is -2.11. The van der Waals surface area contributed by atoms with Crippen LogP contribution in [0, 0.1) is 13.8 Å². The molecule has 0 saturated carbocycles. The summed E-state index contributed by atoms with van der Waals surface area (Å²) in [5, 5.41) is 2.83. The standard InChI is InChI=1S/C14H14F3N3/c1-9-7-10(2)20-13(19-9)18-8-11-5-3-4-6-12(11)14(15,16)17/h3-7H,8H2,1-2H3,(H,18,19,20). The van der Waals surface area contributed by atoms with Gasteiger partial charge in [-0.05, 0) is 31.5 Å². The molecule has 6 heteroatoms. The zero-order valence-electron chi connectivity index (χ0n) is 11.1. The summed E-state index contributed by atoms with van der Waals surface area (Å²) in [4.78, 5) is 8.27. The maximum absolute atomic E-state index is 12.8. The van der Waals surface area contributed by atoms with Crippen LogP contribution in [0.5, 0.6) is 0 Å². The molecule has 0 fully saturated rings. The van der Waals surface area contributed by atoms with Crippen molar-refractivity contribution in [2.75, 3.05) is 5.32 Å². The number of nitrogens with one attached hydrogen (secondary N) is 1. The molecule has 20 heavy (non-hydrogen) atoms. The Morgan fingerprint density at radius 2 is 1.65 bits per heavy atom. The van der Waals surface area contributed by atoms with E-state index in [0.717, 1.165) is 17.5 Å². The molecule has 1 aromatic carbocycles. The Balaban J connectivity index is 2.19. The molecule has 0 aliphatic rings. The van der Waals surface area contributed by atoms with Crippen LogP contribution in [0.2, 0.25) is 0 Å². The number of alkyl halides is 3. The number of nitrogens with zero attached hydrogens (tertiary/aromatic N) is 2. The largest absolute Gasteiger partial charge is 0.416 e. The van der Waals surface area contributed by atoms with Gasteiger partial charge in [-0.15, -0.1) is 0 Å². The molecule has 106 valence electrons. The molecule has 1 N–H and O–H groups in total. The second-order valence-electron chi connectivity index (χ2n) is 4.48. The molecule has 0 unspecified atom stereocenters. The third kappa shape index (κ3) is 3.46. The number of halogens is 3. The number of benzene rings is 1. The Morgan fingerprint density at radius 3 is 2.25 bits per heavy atom. The Bertz CT molecular complexity index is 589. The molecule has 0 aliphatic carbocycles. The van der Waals surface area contributed by atoms with Crippen LogP contribution in [0.1, 0.15) is 22.5 Å². The van der Waals surface area contributed by atoms with E-state index in [1.807, 2.05) is 13.8 Å². The smallest absolute Gasteiger partial charge is 0.350 e. The van der Waals surface area contributed by atoms with Crippen LogP contribution in [0.4, 0.5) is 19.1 Å². The van der Waals surface area contributed by atoms with Crippen molar-refractivity contribution in [3.05, 3.63) is 52.8 Å². The highest BCUT2D eigenvalue weighted by molar-refractivity contribution is 5.35. The molecule has 0 amide bonds. The van der Waals surface area contributed by atoms with Crippen molar-refractivity contribution in [3.63, 3.8) is 0 Å². The molecule has 3 nitrogen and oxygen atoms in total. The average Bonchev–Trinajstić information content (AvgIpc) is 2.34. The van der Waals surface area contributed by atoms with Gasteiger partial charge in [0.1, 0.15) is 0 Å². The van der Waals surface area contributed by atoms with Crippen molar-refractivity contribution in [3.8, 4) is 0 Å². The zero-order valence-corrected chi connectivity index (χ0v) is 11.1. The Labute approximate surface area is 114 Å². The highest BCUT2D eigenvalue weighted by atomic mass is 19.4. The quantitative estimate of drug-likeness (QED) is 0.931. The zero-order chi connectivity index (χ0) is 14.8. The highest BCUT2D eigenvalue weighted by Gasteiger charge is 2.32. The van der Waals surface area contributed by atoms with Gasteiger partial charge in [0.2, 0.25) is 5.95 Å². The summed E-state index contributed by atoms with van der Waals surface area (Å²) < 4.78 is 38.5. The third-order valence-corrected chi connectivity index (χ3v) is 2.74. The van der Waals surface area contributed by atoms with E-state index < -0.39 is 11.7 Å². The third-order valence-electron chi connectivity index (χ3n) is 2.74. The molecule has 2 aromatic rings. The van der Waals surface area contributed by atoms with Gasteiger partial charge < -0.3 is 5.32 Å². The minimum absolute atomic E-state index is 0.0264. The summed E-state index contributed by atoms with van der Waals surface area (Å²) in [7, 11) is 0. The maximum Gasteiger partial charge on any atom is 0.416 e. The maximum atomic E-state index is 12.8. The van der Waals surface area contributed by atoms with Gasteiger partial charge in [0, 0.05) is 17.9 Å². The van der Waals surface area contributed by atoms with Crippen LogP contribution < -0.4 is 5.32 Å². The summed E-state index contributed by atoms with van der Waals surface area (Å²) in [6.07, 6.45) is -4.36. The molecule has 0 bridgehead atoms. The molecule has 2 rings (SSSR count). The fraction of sp³-hybridized carbons (Fsp3) is 0.286. The molecular weight excluding hydrogens is 267 g/mol. The second kappa shape index (κ2) is 5.48. The fourth-order valence-electron chi connectivity index (χ4n) is 1.93. The first-order valence-electron chi connectivity index (χ1n) is 6.07. The van der Waals surface area contributed by atoms with E-state index in [-0.39, 0.29) is 12.1 Å². The SMILES string of the molecule is Cc1cc(C)nc(NCc2ccccc2C(F)(F)F)n1. The fourth-order valence-corrected chi connectivity index (χ4v) is 1.93. The van der Waals surface area contributed by atoms with Crippen LogP contribution in [0.15, 0.2) is 30.3 Å². The van der Waals surface area contributed by atoms with Crippen LogP contribution in [0.25, 0.3) is 0 Å². The van der Waals surface area contributed by atoms with E-state index in [2.05, 4.69) is 15.3 Å². The minimum atomic E-state index is -4.36. The lowest BCUT2D eigenvalue weighted by Gasteiger charge is -2.13. The summed E-state index contributed by atoms with van der Waals surface area (Å²) in [6, 6.07) is 7.26. The molecular formula is C14H14F3N3. The van der Waals surface area contributed by atoms with Crippen molar-refractivity contribution in [2.45, 2.75) is 26.6 Å². The van der Waals surface area contributed by atoms with Crippen LogP contribution in [-0.2, 0) is 12.7 Å². The van der Waals surface area contributed by atoms with Gasteiger partial charge >= 0.3 is 6.18 Å². The van der Waals surface area contributed by atoms with Gasteiger partial charge in [0.15, 0.2) is 0 Å². The molecule has 0 atom stereocenters. The first kappa shape index (κ1) is 14.3. The van der Waals surface area contributed by atoms with Gasteiger partial charge in [-0.1, -0.05) is 18.2 Å². The molecule has 0 aliphatic heterocycles. The van der Waals surface area contributed by atoms with Crippen LogP contribution >= 0.6 is 0 Å². The predicted molar refractivity (Wildman–Crippen MR) is 70.3 cm³/mol. The summed E-state index contributed by atoms with van der Waals surface area (Å²) >= 11 is 0. The lowest BCUT2D eigenvalue weighted by Crippen LogP contribution is -2.12. The predicted octanol–water partition coefficient (Wildman–Crippen LogP) is 3.72. The van der Waals surface area contributed by atoms with Gasteiger partial charge in [0.25, 0.3) is 0 Å². The van der Waals surface area contributed by atoms with E-state index in [1.54, 1.807) is 12.1 Å². The second-order valence-corrected chi connectivity index (χ2v) is 4.48. The Morgan fingerprint density at radius 1 is 1.05 bits per heavy atom. The average molecular weight is 281 g/mol. The van der Waals surface area contributed by atoms with Crippen molar-refractivity contribution in [2.24, 2.45) is 0 Å². The highest BCUT2D eigenvalue weighted by Crippen LogP contribution is 2.31. The minimum Gasteiger partial charge on any atom is -0.350 e. The lowest BCUT2D eigenvalue weighted by molar-refractivity contribution is -0.138. The molecule has 1 heterocycles. The number of hydrogen-bond donors (Lipinski definition) is 1. The van der Waals surface area contributed by atoms with E-state index in [1.165, 1.54) is 12.1 Å². The van der Waals surface area contributed by atoms with Crippen LogP contribution in [-0.4, -0.2) is 9.97 Å². The Kier molecular flexibility index (Phi) is 3.92. The van der Waals surface area contributed by atoms with Crippen molar-refractivity contribution >= 4 is 5.95 Å². The van der Waals surface area contributed by atoms with Crippen molar-refractivity contribution in [1.82, 2.24) is 9.97 Å². The molecule has 0 spiro atoms. The number of anilines is 1. The van der Waals surface area contributed by atoms with E-state index >= 15 is 0 Å². The van der Waals surface area contributed by atoms with Gasteiger partial charge in [-0.3, -0.25) is 0 Å². The number of hydrogen-bond acceptors (Lipinski definition) is 3. The van der Waals surface area contributed by atoms with Gasteiger partial charge in [-0.2, -0.15) is 13.2 Å². The first-order chi connectivity index (χ1) is 9.36. The van der Waals surface area contributed by atoms with Gasteiger partial charge in [-0.25, -0.2) is 9.97 Å². The van der Waals surface area contributed by atoms with Crippen molar-refractivity contribution in [1.29, 1.82) is 0 Å². The summed E-state index contributed by atoms with van der Waals surface area (Å²) in [5.41, 5.74) is 1.06.